The molecule has 588 valence electrons. The van der Waals surface area contributed by atoms with Crippen molar-refractivity contribution in [3.8, 4) is 0 Å². The number of rotatable bonds is 51. The minimum absolute atomic E-state index is 0.0135. The van der Waals surface area contributed by atoms with Gasteiger partial charge in [0.15, 0.2) is 23.8 Å². The molecule has 0 spiro atoms. The van der Waals surface area contributed by atoms with E-state index >= 15 is 0 Å². The number of amides is 12. The number of nitrogens with one attached hydrogen (secondary N) is 11. The molecule has 103 heavy (non-hydrogen) atoms. The molecule has 0 aliphatic rings. The predicted octanol–water partition coefficient (Wildman–Crippen LogP) is -5.79. The van der Waals surface area contributed by atoms with Gasteiger partial charge in [0.05, 0.1) is 6.04 Å². The number of hydrogen-bond acceptors (Lipinski definition) is 18. The molecule has 12 amide bonds. The SMILES string of the molecule is CC[C@H](C)[C@H](NC(=O)[C@H](CCCN=C(N)N)NC(=O)[C@@H](NC(=O)[C@H](C)NC(=O)[C@@H](NC(=O)[C@@H](NC(=O)[C@H](CC(C)C)NC(=O)[C@H](CCCN=C(N)N)NC(=O)[C@@H](N)C(C)C)[C@@H](C)CC)C(C)C)C(C)C)C(=O)N[C@@H](CCCN)C(=O)N[C@@H](CCCN=C(N)N)C(=O)N[C@@H](CCCN=C(N)N)C(N)=O. The second-order valence-corrected chi connectivity index (χ2v) is 27.3. The van der Waals surface area contributed by atoms with Crippen LogP contribution in [-0.4, -0.2) is 200 Å². The molecule has 0 saturated heterocycles. The van der Waals surface area contributed by atoms with Gasteiger partial charge < -0.3 is 122 Å². The lowest BCUT2D eigenvalue weighted by Gasteiger charge is -2.31. The van der Waals surface area contributed by atoms with Gasteiger partial charge in [-0.25, -0.2) is 0 Å². The summed E-state index contributed by atoms with van der Waals surface area (Å²) in [4.78, 5) is 184. The van der Waals surface area contributed by atoms with E-state index in [-0.39, 0.29) is 139 Å². The Labute approximate surface area is 605 Å². The molecule has 0 aliphatic carbocycles. The van der Waals surface area contributed by atoms with Crippen LogP contribution in [0.5, 0.6) is 0 Å². The summed E-state index contributed by atoms with van der Waals surface area (Å²) in [7, 11) is 0. The molecule has 33 N–H and O–H groups in total. The Morgan fingerprint density at radius 2 is 0.583 bits per heavy atom. The highest BCUT2D eigenvalue weighted by Crippen LogP contribution is 2.17. The van der Waals surface area contributed by atoms with E-state index in [9.17, 15) is 57.5 Å². The molecule has 0 aliphatic heterocycles. The van der Waals surface area contributed by atoms with Crippen LogP contribution in [0.15, 0.2) is 20.0 Å². The van der Waals surface area contributed by atoms with Crippen LogP contribution in [0, 0.1) is 35.5 Å². The predicted molar refractivity (Wildman–Crippen MR) is 395 cm³/mol. The Balaban J connectivity index is 6.91. The number of primary amides is 1. The molecule has 0 aromatic rings. The molecule has 0 bridgehead atoms. The average Bonchev–Trinajstić information content (AvgIpc) is 0.853. The van der Waals surface area contributed by atoms with Crippen molar-refractivity contribution in [1.82, 2.24) is 58.5 Å². The maximum atomic E-state index is 14.6. The quantitative estimate of drug-likeness (QED) is 0.0153. The summed E-state index contributed by atoms with van der Waals surface area (Å²) >= 11 is 0. The average molecular weight is 1460 g/mol. The van der Waals surface area contributed by atoms with Gasteiger partial charge in [0, 0.05) is 26.2 Å². The van der Waals surface area contributed by atoms with Crippen LogP contribution in [0.25, 0.3) is 0 Å². The molecule has 0 heterocycles. The highest BCUT2D eigenvalue weighted by atomic mass is 16.2. The van der Waals surface area contributed by atoms with E-state index in [2.05, 4.69) is 78.5 Å². The van der Waals surface area contributed by atoms with Gasteiger partial charge in [0.1, 0.15) is 66.5 Å². The molecule has 0 aromatic carbocycles. The maximum Gasteiger partial charge on any atom is 0.243 e. The molecule has 0 unspecified atom stereocenters. The summed E-state index contributed by atoms with van der Waals surface area (Å²) in [5, 5.41) is 29.6. The standard InChI is InChI=1S/C65H126N26O12/c1-14-36(11)48(60(102)86-40(21-16-26-66)53(95)83-41(23-18-28-78-63(71)72)52(94)82-39(50(68)92)22-17-27-77-62(69)70)90-55(97)43(25-20-30-80-65(75)76)85-59(101)47(35(9)10)88-51(93)38(13)81-58(100)46(34(7)8)89-61(103)49(37(12)15-2)91-56(98)44(31-32(3)4)87-54(96)42(24-19-29-79-64(73)74)84-57(99)45(67)33(5)6/h32-49H,14-31,66-67H2,1-13H3,(H2,68,92)(H,81,100)(H,82,94)(H,83,95)(H,84,99)(H,85,101)(H,86,102)(H,87,96)(H,88,93)(H,89,103)(H,90,97)(H,91,98)(H4,69,70,77)(H4,71,72,78)(H4,73,74,79)(H4,75,76,80)/t36-,37-,38-,39-,40-,41-,42-,43-,44-,45-,46-,47-,48-,49-/m0/s1. The third kappa shape index (κ3) is 37.4. The number of guanidine groups is 4. The van der Waals surface area contributed by atoms with Crippen LogP contribution in [0.3, 0.4) is 0 Å². The molecular formula is C65H126N26O12. The van der Waals surface area contributed by atoms with Crippen molar-refractivity contribution in [2.45, 2.75) is 246 Å². The zero-order valence-electron chi connectivity index (χ0n) is 62.7. The lowest BCUT2D eigenvalue weighted by Crippen LogP contribution is -2.62. The van der Waals surface area contributed by atoms with Crippen molar-refractivity contribution in [3.05, 3.63) is 0 Å². The lowest BCUT2D eigenvalue weighted by atomic mass is 9.95. The second-order valence-electron chi connectivity index (χ2n) is 27.3. The topological polar surface area (TPSA) is 673 Å². The zero-order chi connectivity index (χ0) is 79.0. The van der Waals surface area contributed by atoms with Crippen LogP contribution in [0.4, 0.5) is 0 Å². The van der Waals surface area contributed by atoms with Gasteiger partial charge in [-0.1, -0.05) is 95.9 Å². The summed E-state index contributed by atoms with van der Waals surface area (Å²) in [5.74, 6) is -12.9. The van der Waals surface area contributed by atoms with E-state index in [1.165, 1.54) is 6.92 Å². The highest BCUT2D eigenvalue weighted by Gasteiger charge is 2.39. The van der Waals surface area contributed by atoms with E-state index in [1.54, 1.807) is 69.2 Å². The van der Waals surface area contributed by atoms with E-state index < -0.39 is 167 Å². The number of carbonyl (C=O) groups excluding carboxylic acids is 12. The fourth-order valence-electron chi connectivity index (χ4n) is 10.2. The van der Waals surface area contributed by atoms with E-state index in [1.807, 2.05) is 13.8 Å². The number of nitrogens with zero attached hydrogens (tertiary/aromatic N) is 4. The smallest absolute Gasteiger partial charge is 0.243 e. The first-order chi connectivity index (χ1) is 48.1. The largest absolute Gasteiger partial charge is 0.370 e. The molecular weight excluding hydrogens is 1340 g/mol. The molecule has 0 aromatic heterocycles. The van der Waals surface area contributed by atoms with Gasteiger partial charge in [-0.2, -0.15) is 0 Å². The summed E-state index contributed by atoms with van der Waals surface area (Å²) in [5.41, 5.74) is 61.6. The van der Waals surface area contributed by atoms with E-state index in [4.69, 9.17) is 63.1 Å². The fourth-order valence-corrected chi connectivity index (χ4v) is 10.2. The monoisotopic (exact) mass is 1460 g/mol. The van der Waals surface area contributed by atoms with E-state index in [0.29, 0.717) is 12.8 Å². The molecule has 14 atom stereocenters. The first kappa shape index (κ1) is 93.6. The van der Waals surface area contributed by atoms with Gasteiger partial charge in [0.25, 0.3) is 0 Å². The van der Waals surface area contributed by atoms with Gasteiger partial charge >= 0.3 is 0 Å². The number of aliphatic imine (C=N–C) groups is 4. The second kappa shape index (κ2) is 49.3. The molecule has 0 rings (SSSR count). The summed E-state index contributed by atoms with van der Waals surface area (Å²) in [6.07, 6.45) is 1.79. The molecule has 0 radical (unpaired) electrons. The number of nitrogens with two attached hydrogens (primary N) is 11. The Bertz CT molecular complexity index is 2860. The number of carbonyl (C=O) groups is 12. The van der Waals surface area contributed by atoms with E-state index in [0.717, 1.165) is 0 Å². The van der Waals surface area contributed by atoms with Crippen LogP contribution in [0.2, 0.25) is 0 Å². The molecule has 38 nitrogen and oxygen atoms in total. The van der Waals surface area contributed by atoms with Crippen molar-refractivity contribution in [3.63, 3.8) is 0 Å². The van der Waals surface area contributed by atoms with Crippen molar-refractivity contribution < 1.29 is 57.5 Å². The Morgan fingerprint density at radius 1 is 0.311 bits per heavy atom. The molecule has 0 saturated carbocycles. The third-order valence-electron chi connectivity index (χ3n) is 16.9. The normalized spacial score (nSPS) is 15.3. The van der Waals surface area contributed by atoms with Crippen molar-refractivity contribution in [2.75, 3.05) is 32.7 Å². The summed E-state index contributed by atoms with van der Waals surface area (Å²) < 4.78 is 0. The van der Waals surface area contributed by atoms with Crippen molar-refractivity contribution in [1.29, 1.82) is 0 Å². The highest BCUT2D eigenvalue weighted by molar-refractivity contribution is 5.99. The Hall–Kier alpha value is -9.36. The van der Waals surface area contributed by atoms with Gasteiger partial charge in [0.2, 0.25) is 70.9 Å². The first-order valence-electron chi connectivity index (χ1n) is 35.4. The summed E-state index contributed by atoms with van der Waals surface area (Å²) in [6, 6.07) is -15.1. The fraction of sp³-hybridized carbons (Fsp3) is 0.754. The maximum absolute atomic E-state index is 14.6. The Kier molecular flexibility index (Phi) is 44.8. The Morgan fingerprint density at radius 3 is 0.913 bits per heavy atom. The minimum atomic E-state index is -1.40. The van der Waals surface area contributed by atoms with Gasteiger partial charge in [-0.15, -0.1) is 0 Å². The minimum Gasteiger partial charge on any atom is -0.370 e. The lowest BCUT2D eigenvalue weighted by molar-refractivity contribution is -0.137. The van der Waals surface area contributed by atoms with Crippen molar-refractivity contribution in [2.24, 2.45) is 119 Å². The first-order valence-corrected chi connectivity index (χ1v) is 35.4. The van der Waals surface area contributed by atoms with Gasteiger partial charge in [-0.05, 0) is 120 Å². The summed E-state index contributed by atoms with van der Waals surface area (Å²) in [6.45, 7) is 22.4. The third-order valence-corrected chi connectivity index (χ3v) is 16.9. The molecule has 0 fully saturated rings. The van der Waals surface area contributed by atoms with Crippen molar-refractivity contribution >= 4 is 94.7 Å². The van der Waals surface area contributed by atoms with Gasteiger partial charge in [-0.3, -0.25) is 77.5 Å². The van der Waals surface area contributed by atoms with Crippen LogP contribution >= 0.6 is 0 Å². The van der Waals surface area contributed by atoms with Crippen LogP contribution in [-0.2, 0) is 57.5 Å². The molecule has 38 heteroatoms. The zero-order valence-corrected chi connectivity index (χ0v) is 62.7. The van der Waals surface area contributed by atoms with Crippen LogP contribution < -0.4 is 122 Å². The van der Waals surface area contributed by atoms with Crippen LogP contribution in [0.1, 0.15) is 173 Å². The number of hydrogen-bond donors (Lipinski definition) is 22.